The quantitative estimate of drug-likeness (QED) is 0.816. The van der Waals surface area contributed by atoms with Crippen molar-refractivity contribution < 1.29 is 18.0 Å². The number of hydrogen-bond donors (Lipinski definition) is 1. The smallest absolute Gasteiger partial charge is 0.336 e. The molecule has 1 heterocycles. The van der Waals surface area contributed by atoms with E-state index < -0.39 is 23.7 Å². The maximum atomic E-state index is 12.8. The Morgan fingerprint density at radius 1 is 1.53 bits per heavy atom. The Morgan fingerprint density at radius 2 is 2.06 bits per heavy atom. The lowest BCUT2D eigenvalue weighted by Gasteiger charge is -2.37. The largest absolute Gasteiger partial charge is 0.394 e. The van der Waals surface area contributed by atoms with Crippen LogP contribution in [0.4, 0.5) is 13.2 Å². The zero-order chi connectivity index (χ0) is 13.4. The average Bonchev–Trinajstić information content (AvgIpc) is 2.50. The highest BCUT2D eigenvalue weighted by Crippen LogP contribution is 2.44. The average molecular weight is 252 g/mol. The molecule has 2 N–H and O–H groups in total. The van der Waals surface area contributed by atoms with Crippen LogP contribution in [0.5, 0.6) is 0 Å². The van der Waals surface area contributed by atoms with Crippen LogP contribution in [0.15, 0.2) is 0 Å². The first-order valence-corrected chi connectivity index (χ1v) is 5.76. The standard InChI is InChI=1S/C11H19F3N2O/c1-4-7(15)9(17)16-6-5-8(10(16,2)3)11(12,13)14/h7-8H,4-6,15H2,1-3H3/t7-,8?/m0/s1. The van der Waals surface area contributed by atoms with Crippen LogP contribution in [0.3, 0.4) is 0 Å². The van der Waals surface area contributed by atoms with Gasteiger partial charge < -0.3 is 10.6 Å². The second-order valence-electron chi connectivity index (χ2n) is 5.04. The number of rotatable bonds is 2. The maximum absolute atomic E-state index is 12.8. The van der Waals surface area contributed by atoms with Crippen molar-refractivity contribution in [1.29, 1.82) is 0 Å². The number of amides is 1. The fourth-order valence-electron chi connectivity index (χ4n) is 2.42. The molecule has 0 aromatic heterocycles. The monoisotopic (exact) mass is 252 g/mol. The lowest BCUT2D eigenvalue weighted by atomic mass is 9.87. The molecule has 0 radical (unpaired) electrons. The lowest BCUT2D eigenvalue weighted by molar-refractivity contribution is -0.192. The highest BCUT2D eigenvalue weighted by atomic mass is 19.4. The second kappa shape index (κ2) is 4.48. The van der Waals surface area contributed by atoms with E-state index in [9.17, 15) is 18.0 Å². The molecule has 0 aromatic carbocycles. The SMILES string of the molecule is CC[C@H](N)C(=O)N1CCC(C(F)(F)F)C1(C)C. The highest BCUT2D eigenvalue weighted by molar-refractivity contribution is 5.82. The Balaban J connectivity index is 2.90. The summed E-state index contributed by atoms with van der Waals surface area (Å²) >= 11 is 0. The summed E-state index contributed by atoms with van der Waals surface area (Å²) < 4.78 is 38.4. The van der Waals surface area contributed by atoms with Crippen molar-refractivity contribution in [2.45, 2.75) is 51.4 Å². The fourth-order valence-corrected chi connectivity index (χ4v) is 2.42. The van der Waals surface area contributed by atoms with Crippen LogP contribution in [0, 0.1) is 5.92 Å². The van der Waals surface area contributed by atoms with Gasteiger partial charge in [0.25, 0.3) is 0 Å². The molecular formula is C11H19F3N2O. The summed E-state index contributed by atoms with van der Waals surface area (Å²) in [5, 5.41) is 0. The number of alkyl halides is 3. The van der Waals surface area contributed by atoms with E-state index in [-0.39, 0.29) is 18.9 Å². The molecule has 0 bridgehead atoms. The van der Waals surface area contributed by atoms with Crippen molar-refractivity contribution >= 4 is 5.91 Å². The summed E-state index contributed by atoms with van der Waals surface area (Å²) in [5.41, 5.74) is 4.39. The first kappa shape index (κ1) is 14.3. The topological polar surface area (TPSA) is 46.3 Å². The van der Waals surface area contributed by atoms with Gasteiger partial charge >= 0.3 is 6.18 Å². The molecule has 0 saturated carbocycles. The molecule has 17 heavy (non-hydrogen) atoms. The normalized spacial score (nSPS) is 26.1. The predicted molar refractivity (Wildman–Crippen MR) is 58.2 cm³/mol. The molecule has 1 saturated heterocycles. The van der Waals surface area contributed by atoms with Gasteiger partial charge in [0, 0.05) is 12.1 Å². The van der Waals surface area contributed by atoms with Crippen molar-refractivity contribution in [3.8, 4) is 0 Å². The molecular weight excluding hydrogens is 233 g/mol. The van der Waals surface area contributed by atoms with E-state index >= 15 is 0 Å². The van der Waals surface area contributed by atoms with Gasteiger partial charge in [-0.3, -0.25) is 4.79 Å². The lowest BCUT2D eigenvalue weighted by Crippen LogP contribution is -2.54. The molecule has 1 fully saturated rings. The fraction of sp³-hybridized carbons (Fsp3) is 0.909. The molecule has 1 aliphatic heterocycles. The molecule has 1 amide bonds. The Morgan fingerprint density at radius 3 is 2.41 bits per heavy atom. The minimum Gasteiger partial charge on any atom is -0.336 e. The van der Waals surface area contributed by atoms with Crippen LogP contribution in [0.2, 0.25) is 0 Å². The Bertz CT molecular complexity index is 302. The molecule has 6 heteroatoms. The molecule has 100 valence electrons. The molecule has 1 rings (SSSR count). The van der Waals surface area contributed by atoms with Gasteiger partial charge in [0.15, 0.2) is 0 Å². The molecule has 1 unspecified atom stereocenters. The van der Waals surface area contributed by atoms with Gasteiger partial charge in [-0.15, -0.1) is 0 Å². The number of hydrogen-bond acceptors (Lipinski definition) is 2. The zero-order valence-corrected chi connectivity index (χ0v) is 10.3. The van der Waals surface area contributed by atoms with Gasteiger partial charge in [0.2, 0.25) is 5.91 Å². The minimum atomic E-state index is -4.27. The number of carbonyl (C=O) groups is 1. The Kier molecular flexibility index (Phi) is 3.76. The van der Waals surface area contributed by atoms with E-state index in [1.165, 1.54) is 18.7 Å². The summed E-state index contributed by atoms with van der Waals surface area (Å²) in [6, 6.07) is -0.707. The third-order valence-corrected chi connectivity index (χ3v) is 3.61. The van der Waals surface area contributed by atoms with Crippen LogP contribution < -0.4 is 5.73 Å². The van der Waals surface area contributed by atoms with Gasteiger partial charge in [-0.2, -0.15) is 13.2 Å². The number of halogens is 3. The van der Waals surface area contributed by atoms with Crippen molar-refractivity contribution in [2.24, 2.45) is 11.7 Å². The number of carbonyl (C=O) groups excluding carboxylic acids is 1. The van der Waals surface area contributed by atoms with Crippen molar-refractivity contribution in [2.75, 3.05) is 6.54 Å². The Hall–Kier alpha value is -0.780. The maximum Gasteiger partial charge on any atom is 0.394 e. The minimum absolute atomic E-state index is 0.0430. The van der Waals surface area contributed by atoms with Crippen LogP contribution in [-0.4, -0.2) is 35.1 Å². The van der Waals surface area contributed by atoms with E-state index in [0.717, 1.165) is 0 Å². The zero-order valence-electron chi connectivity index (χ0n) is 10.3. The van der Waals surface area contributed by atoms with E-state index in [1.54, 1.807) is 6.92 Å². The van der Waals surface area contributed by atoms with E-state index in [2.05, 4.69) is 0 Å². The van der Waals surface area contributed by atoms with Gasteiger partial charge in [-0.25, -0.2) is 0 Å². The first-order chi connectivity index (χ1) is 7.62. The van der Waals surface area contributed by atoms with Crippen molar-refractivity contribution in [1.82, 2.24) is 4.90 Å². The molecule has 0 aliphatic carbocycles. The van der Waals surface area contributed by atoms with Crippen LogP contribution in [0.1, 0.15) is 33.6 Å². The molecule has 0 aromatic rings. The van der Waals surface area contributed by atoms with E-state index in [0.29, 0.717) is 6.42 Å². The van der Waals surface area contributed by atoms with Crippen molar-refractivity contribution in [3.63, 3.8) is 0 Å². The second-order valence-corrected chi connectivity index (χ2v) is 5.04. The third kappa shape index (κ3) is 2.56. The highest BCUT2D eigenvalue weighted by Gasteiger charge is 2.56. The molecule has 2 atom stereocenters. The van der Waals surface area contributed by atoms with E-state index in [1.807, 2.05) is 0 Å². The van der Waals surface area contributed by atoms with Crippen LogP contribution in [-0.2, 0) is 4.79 Å². The number of likely N-dealkylation sites (tertiary alicyclic amines) is 1. The summed E-state index contributed by atoms with van der Waals surface area (Å²) in [6.45, 7) is 4.79. The summed E-state index contributed by atoms with van der Waals surface area (Å²) in [4.78, 5) is 13.2. The van der Waals surface area contributed by atoms with Gasteiger partial charge in [-0.1, -0.05) is 6.92 Å². The molecule has 1 aliphatic rings. The molecule has 0 spiro atoms. The van der Waals surface area contributed by atoms with Crippen molar-refractivity contribution in [3.05, 3.63) is 0 Å². The van der Waals surface area contributed by atoms with Crippen LogP contribution in [0.25, 0.3) is 0 Å². The predicted octanol–water partition coefficient (Wildman–Crippen LogP) is 1.91. The number of nitrogens with two attached hydrogens (primary N) is 1. The third-order valence-electron chi connectivity index (χ3n) is 3.61. The summed E-state index contributed by atoms with van der Waals surface area (Å²) in [7, 11) is 0. The molecule has 3 nitrogen and oxygen atoms in total. The van der Waals surface area contributed by atoms with E-state index in [4.69, 9.17) is 5.73 Å². The van der Waals surface area contributed by atoms with Crippen LogP contribution >= 0.6 is 0 Å². The van der Waals surface area contributed by atoms with Gasteiger partial charge in [0.1, 0.15) is 0 Å². The Labute approximate surface area is 99.1 Å². The number of nitrogens with zero attached hydrogens (tertiary/aromatic N) is 1. The summed E-state index contributed by atoms with van der Waals surface area (Å²) in [6.07, 6.45) is -3.88. The first-order valence-electron chi connectivity index (χ1n) is 5.76. The summed E-state index contributed by atoms with van der Waals surface area (Å²) in [5.74, 6) is -1.85. The van der Waals surface area contributed by atoms with Gasteiger partial charge in [0.05, 0.1) is 12.0 Å². The van der Waals surface area contributed by atoms with Gasteiger partial charge in [-0.05, 0) is 26.7 Å².